The fourth-order valence-electron chi connectivity index (χ4n) is 1.69. The minimum atomic E-state index is -1.42. The summed E-state index contributed by atoms with van der Waals surface area (Å²) in [6, 6.07) is -0.533. The molecule has 0 bridgehead atoms. The molecule has 2 rings (SSSR count). The Morgan fingerprint density at radius 1 is 1.50 bits per heavy atom. The van der Waals surface area contributed by atoms with E-state index in [1.54, 1.807) is 0 Å². The molecule has 2 aliphatic rings. The maximum atomic E-state index is 10.8. The molecule has 0 radical (unpaired) electrons. The molecular formula is C8H12AsNO5S. The zero-order valence-electron chi connectivity index (χ0n) is 8.40. The van der Waals surface area contributed by atoms with Gasteiger partial charge in [0.25, 0.3) is 0 Å². The number of carboxylic acids is 1. The Bertz CT molecular complexity index is 338. The second-order valence-corrected chi connectivity index (χ2v) is 7.43. The second kappa shape index (κ2) is 4.66. The van der Waals surface area contributed by atoms with E-state index in [2.05, 4.69) is 4.99 Å². The van der Waals surface area contributed by atoms with Gasteiger partial charge in [-0.1, -0.05) is 0 Å². The summed E-state index contributed by atoms with van der Waals surface area (Å²) in [5, 5.41) is 28.2. The van der Waals surface area contributed by atoms with Crippen molar-refractivity contribution >= 4 is 37.3 Å². The summed E-state index contributed by atoms with van der Waals surface area (Å²) >= 11 is 1.04. The van der Waals surface area contributed by atoms with Gasteiger partial charge in [0.05, 0.1) is 0 Å². The third-order valence-electron chi connectivity index (χ3n) is 2.52. The predicted molar refractivity (Wildman–Crippen MR) is 60.1 cm³/mol. The van der Waals surface area contributed by atoms with Gasteiger partial charge in [0.2, 0.25) is 0 Å². The number of thioether (sulfide) groups is 1. The fraction of sp³-hybridized carbons (Fsp3) is 0.750. The SMILES string of the molecule is C[AsH]C1=N[C@@H]2[C@@H](O)[C@H](O)[C@@H](C(=O)O)O[C@@H]2S1. The van der Waals surface area contributed by atoms with Gasteiger partial charge in [-0.15, -0.1) is 0 Å². The molecule has 90 valence electrons. The molecule has 1 saturated heterocycles. The summed E-state index contributed by atoms with van der Waals surface area (Å²) in [6.07, 6.45) is -3.95. The number of ether oxygens (including phenoxy) is 1. The molecule has 0 spiro atoms. The molecule has 6 nitrogen and oxygen atoms in total. The van der Waals surface area contributed by atoms with Crippen LogP contribution in [-0.4, -0.2) is 70.7 Å². The topological polar surface area (TPSA) is 99.4 Å². The molecular weight excluding hydrogens is 297 g/mol. The normalized spacial score (nSPS) is 43.4. The van der Waals surface area contributed by atoms with Crippen molar-refractivity contribution in [2.75, 3.05) is 0 Å². The van der Waals surface area contributed by atoms with Crippen LogP contribution in [0.15, 0.2) is 4.99 Å². The van der Waals surface area contributed by atoms with E-state index in [4.69, 9.17) is 9.84 Å². The van der Waals surface area contributed by atoms with Crippen LogP contribution >= 0.6 is 11.8 Å². The Balaban J connectivity index is 2.17. The third-order valence-corrected chi connectivity index (χ3v) is 6.44. The number of carboxylic acid groups (broad SMARTS) is 1. The van der Waals surface area contributed by atoms with Gasteiger partial charge in [-0.25, -0.2) is 0 Å². The van der Waals surface area contributed by atoms with Crippen LogP contribution < -0.4 is 0 Å². The number of nitrogens with zero attached hydrogens (tertiary/aromatic N) is 1. The molecule has 0 aliphatic carbocycles. The van der Waals surface area contributed by atoms with Crippen LogP contribution in [0.2, 0.25) is 5.71 Å². The van der Waals surface area contributed by atoms with E-state index in [-0.39, 0.29) is 15.8 Å². The van der Waals surface area contributed by atoms with Crippen LogP contribution in [0.1, 0.15) is 0 Å². The summed E-state index contributed by atoms with van der Waals surface area (Å²) in [4.78, 5) is 15.1. The molecule has 0 amide bonds. The molecule has 1 fully saturated rings. The number of aliphatic imine (C=N–C) groups is 1. The van der Waals surface area contributed by atoms with Crippen molar-refractivity contribution in [1.82, 2.24) is 0 Å². The van der Waals surface area contributed by atoms with Crippen LogP contribution in [0.4, 0.5) is 0 Å². The Labute approximate surface area is 103 Å². The summed E-state index contributed by atoms with van der Waals surface area (Å²) in [5.41, 5.74) is 1.57. The fourth-order valence-corrected chi connectivity index (χ4v) is 4.80. The third kappa shape index (κ3) is 2.02. The first-order chi connectivity index (χ1) is 7.54. The predicted octanol–water partition coefficient (Wildman–Crippen LogP) is -1.53. The van der Waals surface area contributed by atoms with Crippen LogP contribution in [0.3, 0.4) is 0 Å². The van der Waals surface area contributed by atoms with E-state index in [9.17, 15) is 15.0 Å². The maximum absolute atomic E-state index is 10.8. The van der Waals surface area contributed by atoms with Crippen LogP contribution in [-0.2, 0) is 9.53 Å². The van der Waals surface area contributed by atoms with Crippen molar-refractivity contribution < 1.29 is 24.9 Å². The number of hydrogen-bond donors (Lipinski definition) is 3. The molecule has 0 saturated carbocycles. The number of rotatable bonds is 2. The number of fused-ring (bicyclic) bond motifs is 1. The molecule has 6 atom stereocenters. The average Bonchev–Trinajstić information content (AvgIpc) is 2.66. The molecule has 2 heterocycles. The second-order valence-electron chi connectivity index (χ2n) is 3.54. The monoisotopic (exact) mass is 309 g/mol. The molecule has 2 aliphatic heterocycles. The Morgan fingerprint density at radius 2 is 2.19 bits per heavy atom. The van der Waals surface area contributed by atoms with E-state index < -0.39 is 35.8 Å². The van der Waals surface area contributed by atoms with Crippen LogP contribution in [0.5, 0.6) is 0 Å². The number of hydrogen-bond acceptors (Lipinski definition) is 6. The van der Waals surface area contributed by atoms with Crippen LogP contribution in [0, 0.1) is 0 Å². The van der Waals surface area contributed by atoms with Crippen LogP contribution in [0.25, 0.3) is 0 Å². The van der Waals surface area contributed by atoms with Gasteiger partial charge in [-0.2, -0.15) is 0 Å². The molecule has 16 heavy (non-hydrogen) atoms. The van der Waals surface area contributed by atoms with Gasteiger partial charge in [0.15, 0.2) is 0 Å². The quantitative estimate of drug-likeness (QED) is 0.536. The van der Waals surface area contributed by atoms with Gasteiger partial charge in [0.1, 0.15) is 0 Å². The van der Waals surface area contributed by atoms with Gasteiger partial charge >= 0.3 is 103 Å². The van der Waals surface area contributed by atoms with Crippen molar-refractivity contribution in [3.63, 3.8) is 0 Å². The number of aliphatic carboxylic acids is 1. The van der Waals surface area contributed by atoms with E-state index in [0.29, 0.717) is 0 Å². The summed E-state index contributed by atoms with van der Waals surface area (Å²) in [6.45, 7) is 0. The Kier molecular flexibility index (Phi) is 3.61. The molecule has 3 N–H and O–H groups in total. The number of aliphatic hydroxyl groups is 2. The van der Waals surface area contributed by atoms with Gasteiger partial charge < -0.3 is 0 Å². The molecule has 0 aromatic carbocycles. The Morgan fingerprint density at radius 3 is 2.75 bits per heavy atom. The van der Waals surface area contributed by atoms with Crippen molar-refractivity contribution in [2.24, 2.45) is 4.99 Å². The van der Waals surface area contributed by atoms with Crippen molar-refractivity contribution in [2.45, 2.75) is 35.5 Å². The van der Waals surface area contributed by atoms with Gasteiger partial charge in [-0.05, 0) is 0 Å². The molecule has 1 unspecified atom stereocenters. The molecule has 8 heteroatoms. The summed E-state index contributed by atoms with van der Waals surface area (Å²) in [7, 11) is 0. The van der Waals surface area contributed by atoms with E-state index in [1.165, 1.54) is 11.8 Å². The Hall–Kier alpha value is -0.0716. The average molecular weight is 309 g/mol. The zero-order chi connectivity index (χ0) is 11.9. The van der Waals surface area contributed by atoms with Crippen molar-refractivity contribution in [3.8, 4) is 0 Å². The van der Waals surface area contributed by atoms with E-state index >= 15 is 0 Å². The number of carbonyl (C=O) groups is 1. The molecule has 0 aromatic heterocycles. The van der Waals surface area contributed by atoms with E-state index in [1.807, 2.05) is 5.71 Å². The van der Waals surface area contributed by atoms with Crippen molar-refractivity contribution in [3.05, 3.63) is 0 Å². The first kappa shape index (κ1) is 12.4. The number of aliphatic hydroxyl groups excluding tert-OH is 2. The first-order valence-corrected chi connectivity index (χ1v) is 8.74. The zero-order valence-corrected chi connectivity index (χ0v) is 11.3. The molecule has 0 aromatic rings. The van der Waals surface area contributed by atoms with Crippen molar-refractivity contribution in [1.29, 1.82) is 0 Å². The summed E-state index contributed by atoms with van der Waals surface area (Å²) < 4.78 is 6.18. The summed E-state index contributed by atoms with van der Waals surface area (Å²) in [5.74, 6) is -1.26. The first-order valence-electron chi connectivity index (χ1n) is 4.71. The minimum absolute atomic E-state index is 0.331. The van der Waals surface area contributed by atoms with Gasteiger partial charge in [0, 0.05) is 0 Å². The van der Waals surface area contributed by atoms with Gasteiger partial charge in [-0.3, -0.25) is 0 Å². The standard InChI is InChI=1S/C8H12AsNO5S/c1-9-8-10-2-3(11)4(12)5(6(13)14)15-7(2)16-8/h2-5,7,9,11-12H,1H3,(H,13,14)/t2-,3-,4+,5+,7-/m1/s1. The van der Waals surface area contributed by atoms with E-state index in [0.717, 1.165) is 3.83 Å².